The molecule has 2 N–H and O–H groups in total. The number of likely N-dealkylation sites (N-methyl/N-ethyl adjacent to an activating group) is 1. The summed E-state index contributed by atoms with van der Waals surface area (Å²) in [4.78, 5) is 24.1. The zero-order valence-corrected chi connectivity index (χ0v) is 12.5. The lowest BCUT2D eigenvalue weighted by Gasteiger charge is -2.18. The van der Waals surface area contributed by atoms with Gasteiger partial charge in [-0.2, -0.15) is 0 Å². The molecule has 1 amide bonds. The number of carboxylic acid groups (broad SMARTS) is 1. The van der Waals surface area contributed by atoms with Crippen molar-refractivity contribution in [3.63, 3.8) is 0 Å². The third-order valence-corrected chi connectivity index (χ3v) is 3.13. The van der Waals surface area contributed by atoms with Gasteiger partial charge in [0, 0.05) is 13.1 Å². The number of carboxylic acids is 1. The number of halogens is 1. The largest absolute Gasteiger partial charge is 0.481 e. The molecule has 1 aromatic rings. The average molecular weight is 296 g/mol. The van der Waals surface area contributed by atoms with Crippen molar-refractivity contribution >= 4 is 11.9 Å². The predicted octanol–water partition coefficient (Wildman–Crippen LogP) is 1.40. The van der Waals surface area contributed by atoms with Gasteiger partial charge in [-0.1, -0.05) is 19.1 Å². The molecule has 0 aromatic heterocycles. The number of amides is 1. The van der Waals surface area contributed by atoms with Crippen LogP contribution in [-0.4, -0.2) is 42.0 Å². The summed E-state index contributed by atoms with van der Waals surface area (Å²) in [6, 6.07) is 4.68. The van der Waals surface area contributed by atoms with Crippen molar-refractivity contribution in [2.45, 2.75) is 20.4 Å². The molecule has 116 valence electrons. The molecule has 0 aliphatic rings. The Morgan fingerprint density at radius 1 is 1.43 bits per heavy atom. The number of hydrogen-bond donors (Lipinski definition) is 2. The standard InChI is InChI=1S/C15H21FN2O3/c1-10-6-12(4-5-13(10)16)7-17-14(19)9-18(3)8-11(2)15(20)21/h4-6,11H,7-9H2,1-3H3,(H,17,19)(H,20,21). The summed E-state index contributed by atoms with van der Waals surface area (Å²) in [5.74, 6) is -1.88. The first-order valence-corrected chi connectivity index (χ1v) is 6.72. The van der Waals surface area contributed by atoms with E-state index in [1.807, 2.05) is 0 Å². The fourth-order valence-electron chi connectivity index (χ4n) is 1.93. The van der Waals surface area contributed by atoms with Crippen LogP contribution >= 0.6 is 0 Å². The lowest BCUT2D eigenvalue weighted by atomic mass is 10.1. The van der Waals surface area contributed by atoms with E-state index in [-0.39, 0.29) is 18.3 Å². The molecular formula is C15H21FN2O3. The monoisotopic (exact) mass is 296 g/mol. The second kappa shape index (κ2) is 7.73. The van der Waals surface area contributed by atoms with Gasteiger partial charge >= 0.3 is 5.97 Å². The summed E-state index contributed by atoms with van der Waals surface area (Å²) >= 11 is 0. The SMILES string of the molecule is Cc1cc(CNC(=O)CN(C)CC(C)C(=O)O)ccc1F. The van der Waals surface area contributed by atoms with Gasteiger partial charge in [0.25, 0.3) is 0 Å². The van der Waals surface area contributed by atoms with Crippen LogP contribution in [0.15, 0.2) is 18.2 Å². The van der Waals surface area contributed by atoms with E-state index in [2.05, 4.69) is 5.32 Å². The fraction of sp³-hybridized carbons (Fsp3) is 0.467. The van der Waals surface area contributed by atoms with Gasteiger partial charge in [0.05, 0.1) is 12.5 Å². The number of carbonyl (C=O) groups excluding carboxylic acids is 1. The van der Waals surface area contributed by atoms with Gasteiger partial charge in [-0.15, -0.1) is 0 Å². The van der Waals surface area contributed by atoms with E-state index < -0.39 is 11.9 Å². The maximum atomic E-state index is 13.1. The normalized spacial score (nSPS) is 12.2. The lowest BCUT2D eigenvalue weighted by Crippen LogP contribution is -2.38. The van der Waals surface area contributed by atoms with E-state index >= 15 is 0 Å². The van der Waals surface area contributed by atoms with Gasteiger partial charge in [-0.05, 0) is 31.2 Å². The van der Waals surface area contributed by atoms with Crippen molar-refractivity contribution < 1.29 is 19.1 Å². The maximum Gasteiger partial charge on any atom is 0.307 e. The van der Waals surface area contributed by atoms with Crippen LogP contribution in [0.1, 0.15) is 18.1 Å². The highest BCUT2D eigenvalue weighted by molar-refractivity contribution is 5.78. The zero-order valence-electron chi connectivity index (χ0n) is 12.5. The number of nitrogens with zero attached hydrogens (tertiary/aromatic N) is 1. The molecule has 1 atom stereocenters. The van der Waals surface area contributed by atoms with Crippen LogP contribution in [-0.2, 0) is 16.1 Å². The van der Waals surface area contributed by atoms with Crippen molar-refractivity contribution in [2.24, 2.45) is 5.92 Å². The van der Waals surface area contributed by atoms with E-state index in [4.69, 9.17) is 5.11 Å². The summed E-state index contributed by atoms with van der Waals surface area (Å²) in [5.41, 5.74) is 1.36. The van der Waals surface area contributed by atoms with Gasteiger partial charge < -0.3 is 10.4 Å². The molecule has 0 heterocycles. The van der Waals surface area contributed by atoms with Crippen LogP contribution in [0.2, 0.25) is 0 Å². The van der Waals surface area contributed by atoms with Crippen molar-refractivity contribution in [1.29, 1.82) is 0 Å². The minimum atomic E-state index is -0.885. The number of rotatable bonds is 7. The molecule has 1 unspecified atom stereocenters. The summed E-state index contributed by atoms with van der Waals surface area (Å²) in [5, 5.41) is 11.5. The first-order valence-electron chi connectivity index (χ1n) is 6.72. The highest BCUT2D eigenvalue weighted by atomic mass is 19.1. The molecule has 0 saturated heterocycles. The van der Waals surface area contributed by atoms with Gasteiger partial charge in [0.2, 0.25) is 5.91 Å². The van der Waals surface area contributed by atoms with Gasteiger partial charge in [0.1, 0.15) is 5.82 Å². The Morgan fingerprint density at radius 2 is 2.10 bits per heavy atom. The summed E-state index contributed by atoms with van der Waals surface area (Å²) < 4.78 is 13.1. The molecule has 0 spiro atoms. The average Bonchev–Trinajstić information content (AvgIpc) is 2.39. The Kier molecular flexibility index (Phi) is 6.30. The molecule has 1 rings (SSSR count). The summed E-state index contributed by atoms with van der Waals surface area (Å²) in [6.45, 7) is 4.01. The molecule has 0 aliphatic carbocycles. The van der Waals surface area contributed by atoms with Gasteiger partial charge in [-0.3, -0.25) is 14.5 Å². The van der Waals surface area contributed by atoms with Crippen LogP contribution in [0.4, 0.5) is 4.39 Å². The molecule has 5 nitrogen and oxygen atoms in total. The topological polar surface area (TPSA) is 69.6 Å². The van der Waals surface area contributed by atoms with Crippen molar-refractivity contribution in [3.8, 4) is 0 Å². The fourth-order valence-corrected chi connectivity index (χ4v) is 1.93. The Bertz CT molecular complexity index is 520. The third-order valence-electron chi connectivity index (χ3n) is 3.13. The molecule has 0 fully saturated rings. The first kappa shape index (κ1) is 17.1. The molecule has 0 radical (unpaired) electrons. The summed E-state index contributed by atoms with van der Waals surface area (Å²) in [7, 11) is 1.70. The predicted molar refractivity (Wildman–Crippen MR) is 77.3 cm³/mol. The van der Waals surface area contributed by atoms with E-state index in [9.17, 15) is 14.0 Å². The summed E-state index contributed by atoms with van der Waals surface area (Å²) in [6.07, 6.45) is 0. The highest BCUT2D eigenvalue weighted by Crippen LogP contribution is 2.08. The van der Waals surface area contributed by atoms with E-state index in [1.54, 1.807) is 37.9 Å². The number of aryl methyl sites for hydroxylation is 1. The number of carbonyl (C=O) groups is 2. The van der Waals surface area contributed by atoms with E-state index in [0.717, 1.165) is 5.56 Å². The second-order valence-electron chi connectivity index (χ2n) is 5.30. The van der Waals surface area contributed by atoms with E-state index in [1.165, 1.54) is 6.07 Å². The maximum absolute atomic E-state index is 13.1. The van der Waals surface area contributed by atoms with Crippen LogP contribution in [0, 0.1) is 18.7 Å². The number of nitrogens with one attached hydrogen (secondary N) is 1. The number of aliphatic carboxylic acids is 1. The van der Waals surface area contributed by atoms with Crippen LogP contribution in [0.3, 0.4) is 0 Å². The molecule has 0 aliphatic heterocycles. The molecule has 1 aromatic carbocycles. The molecular weight excluding hydrogens is 275 g/mol. The van der Waals surface area contributed by atoms with Crippen molar-refractivity contribution in [1.82, 2.24) is 10.2 Å². The Balaban J connectivity index is 2.40. The smallest absolute Gasteiger partial charge is 0.307 e. The lowest BCUT2D eigenvalue weighted by molar-refractivity contribution is -0.142. The van der Waals surface area contributed by atoms with E-state index in [0.29, 0.717) is 18.7 Å². The van der Waals surface area contributed by atoms with Crippen molar-refractivity contribution in [2.75, 3.05) is 20.1 Å². The Labute approximate surface area is 123 Å². The Hall–Kier alpha value is -1.95. The molecule has 0 saturated carbocycles. The first-order chi connectivity index (χ1) is 9.79. The quantitative estimate of drug-likeness (QED) is 0.798. The minimum Gasteiger partial charge on any atom is -0.481 e. The number of hydrogen-bond acceptors (Lipinski definition) is 3. The van der Waals surface area contributed by atoms with Crippen LogP contribution < -0.4 is 5.32 Å². The second-order valence-corrected chi connectivity index (χ2v) is 5.30. The zero-order chi connectivity index (χ0) is 16.0. The number of benzene rings is 1. The molecule has 6 heteroatoms. The van der Waals surface area contributed by atoms with Gasteiger partial charge in [-0.25, -0.2) is 4.39 Å². The van der Waals surface area contributed by atoms with Crippen LogP contribution in [0.5, 0.6) is 0 Å². The third kappa shape index (κ3) is 5.91. The minimum absolute atomic E-state index is 0.123. The molecule has 21 heavy (non-hydrogen) atoms. The van der Waals surface area contributed by atoms with Crippen molar-refractivity contribution in [3.05, 3.63) is 35.1 Å². The Morgan fingerprint density at radius 3 is 2.67 bits per heavy atom. The highest BCUT2D eigenvalue weighted by Gasteiger charge is 2.15. The molecule has 0 bridgehead atoms. The van der Waals surface area contributed by atoms with Gasteiger partial charge in [0.15, 0.2) is 0 Å². The van der Waals surface area contributed by atoms with Crippen LogP contribution in [0.25, 0.3) is 0 Å².